The van der Waals surface area contributed by atoms with E-state index in [0.717, 1.165) is 5.75 Å². The van der Waals surface area contributed by atoms with E-state index in [-0.39, 0.29) is 0 Å². The summed E-state index contributed by atoms with van der Waals surface area (Å²) < 4.78 is 0. The first kappa shape index (κ1) is 12.1. The Morgan fingerprint density at radius 3 is 2.67 bits per heavy atom. The lowest BCUT2D eigenvalue weighted by atomic mass is 10.1. The predicted octanol–water partition coefficient (Wildman–Crippen LogP) is 4.17. The normalized spacial score (nSPS) is 12.0. The van der Waals surface area contributed by atoms with Gasteiger partial charge in [-0.25, -0.2) is 0 Å². The van der Waals surface area contributed by atoms with Gasteiger partial charge in [0, 0.05) is 5.25 Å². The number of unbranched alkanes of at least 4 members (excludes halogenated alkanes) is 1. The van der Waals surface area contributed by atoms with E-state index < -0.39 is 0 Å². The lowest BCUT2D eigenvalue weighted by Crippen LogP contribution is -1.94. The van der Waals surface area contributed by atoms with Crippen molar-refractivity contribution >= 4 is 11.8 Å². The molecule has 1 aromatic rings. The second-order valence-corrected chi connectivity index (χ2v) is 4.80. The maximum Gasteiger partial charge on any atom is 0.0636 e. The van der Waals surface area contributed by atoms with Crippen molar-refractivity contribution in [2.24, 2.45) is 0 Å². The summed E-state index contributed by atoms with van der Waals surface area (Å²) in [4.78, 5) is 0. The molecule has 0 N–H and O–H groups in total. The molecule has 1 nitrogen and oxygen atoms in total. The Kier molecular flexibility index (Phi) is 5.96. The highest BCUT2D eigenvalue weighted by atomic mass is 32.2. The predicted molar refractivity (Wildman–Crippen MR) is 66.8 cm³/mol. The molecule has 0 bridgehead atoms. The first-order valence-electron chi connectivity index (χ1n) is 5.42. The number of benzene rings is 1. The van der Waals surface area contributed by atoms with Crippen molar-refractivity contribution in [3.8, 4) is 6.07 Å². The lowest BCUT2D eigenvalue weighted by molar-refractivity contribution is 0.887. The fraction of sp³-hybridized carbons (Fsp3) is 0.462. The number of hydrogen-bond acceptors (Lipinski definition) is 2. The number of rotatable bonds is 6. The van der Waals surface area contributed by atoms with Crippen LogP contribution in [-0.4, -0.2) is 5.75 Å². The van der Waals surface area contributed by atoms with E-state index in [1.165, 1.54) is 18.4 Å². The van der Waals surface area contributed by atoms with Crippen LogP contribution in [0.4, 0.5) is 0 Å². The van der Waals surface area contributed by atoms with Crippen molar-refractivity contribution in [1.29, 1.82) is 5.26 Å². The molecular weight excluding hydrogens is 202 g/mol. The van der Waals surface area contributed by atoms with Crippen LogP contribution in [0.15, 0.2) is 30.3 Å². The number of hydrogen-bond donors (Lipinski definition) is 0. The zero-order valence-electron chi connectivity index (χ0n) is 9.15. The van der Waals surface area contributed by atoms with E-state index in [1.807, 2.05) is 30.0 Å². The Labute approximate surface area is 96.5 Å². The summed E-state index contributed by atoms with van der Waals surface area (Å²) in [6.45, 7) is 2.20. The van der Waals surface area contributed by atoms with Crippen molar-refractivity contribution in [3.63, 3.8) is 0 Å². The molecule has 0 aliphatic heterocycles. The maximum atomic E-state index is 8.79. The van der Waals surface area contributed by atoms with Gasteiger partial charge in [0.15, 0.2) is 0 Å². The molecule has 15 heavy (non-hydrogen) atoms. The largest absolute Gasteiger partial charge is 0.198 e. The standard InChI is InChI=1S/C13H17NS/c1-2-3-11-15-13(9-10-14)12-7-5-4-6-8-12/h4-8,13H,2-3,9,11H2,1H3. The molecule has 1 atom stereocenters. The minimum Gasteiger partial charge on any atom is -0.198 e. The molecule has 0 spiro atoms. The van der Waals surface area contributed by atoms with E-state index in [2.05, 4.69) is 25.1 Å². The van der Waals surface area contributed by atoms with Crippen LogP contribution in [0, 0.1) is 11.3 Å². The summed E-state index contributed by atoms with van der Waals surface area (Å²) >= 11 is 1.90. The average Bonchev–Trinajstić information content (AvgIpc) is 2.29. The van der Waals surface area contributed by atoms with Crippen LogP contribution in [0.3, 0.4) is 0 Å². The Hall–Kier alpha value is -0.940. The van der Waals surface area contributed by atoms with Crippen molar-refractivity contribution in [2.45, 2.75) is 31.4 Å². The molecule has 1 aromatic carbocycles. The van der Waals surface area contributed by atoms with Crippen LogP contribution < -0.4 is 0 Å². The molecule has 0 aliphatic rings. The Balaban J connectivity index is 2.55. The molecular formula is C13H17NS. The average molecular weight is 219 g/mol. The number of thioether (sulfide) groups is 1. The van der Waals surface area contributed by atoms with Gasteiger partial charge in [0.1, 0.15) is 0 Å². The third kappa shape index (κ3) is 4.40. The quantitative estimate of drug-likeness (QED) is 0.670. The summed E-state index contributed by atoms with van der Waals surface area (Å²) in [5.41, 5.74) is 1.28. The smallest absolute Gasteiger partial charge is 0.0636 e. The second-order valence-electron chi connectivity index (χ2n) is 3.49. The van der Waals surface area contributed by atoms with Crippen LogP contribution in [0.25, 0.3) is 0 Å². The van der Waals surface area contributed by atoms with Gasteiger partial charge in [0.2, 0.25) is 0 Å². The fourth-order valence-corrected chi connectivity index (χ4v) is 2.68. The topological polar surface area (TPSA) is 23.8 Å². The Bertz CT molecular complexity index is 302. The van der Waals surface area contributed by atoms with E-state index in [9.17, 15) is 0 Å². The molecule has 0 aromatic heterocycles. The van der Waals surface area contributed by atoms with E-state index >= 15 is 0 Å². The third-order valence-electron chi connectivity index (χ3n) is 2.26. The van der Waals surface area contributed by atoms with Crippen LogP contribution in [0.5, 0.6) is 0 Å². The van der Waals surface area contributed by atoms with E-state index in [4.69, 9.17) is 5.26 Å². The molecule has 80 valence electrons. The Morgan fingerprint density at radius 2 is 2.07 bits per heavy atom. The van der Waals surface area contributed by atoms with Crippen LogP contribution in [0.2, 0.25) is 0 Å². The van der Waals surface area contributed by atoms with E-state index in [0.29, 0.717) is 11.7 Å². The molecule has 0 radical (unpaired) electrons. The van der Waals surface area contributed by atoms with Gasteiger partial charge in [-0.1, -0.05) is 43.7 Å². The van der Waals surface area contributed by atoms with Crippen LogP contribution >= 0.6 is 11.8 Å². The summed E-state index contributed by atoms with van der Waals surface area (Å²) in [7, 11) is 0. The molecule has 1 unspecified atom stereocenters. The molecule has 0 aliphatic carbocycles. The minimum atomic E-state index is 0.350. The Morgan fingerprint density at radius 1 is 1.33 bits per heavy atom. The minimum absolute atomic E-state index is 0.350. The number of nitriles is 1. The highest BCUT2D eigenvalue weighted by Crippen LogP contribution is 2.32. The van der Waals surface area contributed by atoms with Gasteiger partial charge in [0.25, 0.3) is 0 Å². The third-order valence-corrected chi connectivity index (χ3v) is 3.63. The first-order valence-corrected chi connectivity index (χ1v) is 6.47. The number of nitrogens with zero attached hydrogens (tertiary/aromatic N) is 1. The molecule has 1 rings (SSSR count). The van der Waals surface area contributed by atoms with Crippen molar-refractivity contribution < 1.29 is 0 Å². The molecule has 2 heteroatoms. The van der Waals surface area contributed by atoms with Crippen LogP contribution in [-0.2, 0) is 0 Å². The maximum absolute atomic E-state index is 8.79. The molecule has 0 saturated heterocycles. The molecule has 0 heterocycles. The van der Waals surface area contributed by atoms with Gasteiger partial charge >= 0.3 is 0 Å². The van der Waals surface area contributed by atoms with Gasteiger partial charge in [-0.15, -0.1) is 0 Å². The monoisotopic (exact) mass is 219 g/mol. The van der Waals surface area contributed by atoms with Gasteiger partial charge in [-0.2, -0.15) is 17.0 Å². The zero-order valence-corrected chi connectivity index (χ0v) is 9.96. The SMILES string of the molecule is CCCCSC(CC#N)c1ccccc1. The molecule has 0 amide bonds. The molecule has 0 saturated carbocycles. The fourth-order valence-electron chi connectivity index (χ4n) is 1.39. The zero-order chi connectivity index (χ0) is 10.9. The lowest BCUT2D eigenvalue weighted by Gasteiger charge is -2.13. The second kappa shape index (κ2) is 7.36. The summed E-state index contributed by atoms with van der Waals surface area (Å²) in [5.74, 6) is 1.15. The van der Waals surface area contributed by atoms with E-state index in [1.54, 1.807) is 0 Å². The highest BCUT2D eigenvalue weighted by molar-refractivity contribution is 7.99. The molecule has 0 fully saturated rings. The summed E-state index contributed by atoms with van der Waals surface area (Å²) in [5, 5.41) is 9.14. The van der Waals surface area contributed by atoms with Crippen molar-refractivity contribution in [2.75, 3.05) is 5.75 Å². The first-order chi connectivity index (χ1) is 7.38. The van der Waals surface area contributed by atoms with Gasteiger partial charge < -0.3 is 0 Å². The van der Waals surface area contributed by atoms with Gasteiger partial charge in [0.05, 0.1) is 12.5 Å². The summed E-state index contributed by atoms with van der Waals surface area (Å²) in [6.07, 6.45) is 3.07. The van der Waals surface area contributed by atoms with Gasteiger partial charge in [-0.3, -0.25) is 0 Å². The highest BCUT2D eigenvalue weighted by Gasteiger charge is 2.10. The summed E-state index contributed by atoms with van der Waals surface area (Å²) in [6, 6.07) is 12.6. The van der Waals surface area contributed by atoms with Gasteiger partial charge in [-0.05, 0) is 17.7 Å². The van der Waals surface area contributed by atoms with Crippen molar-refractivity contribution in [3.05, 3.63) is 35.9 Å². The van der Waals surface area contributed by atoms with Crippen molar-refractivity contribution in [1.82, 2.24) is 0 Å². The van der Waals surface area contributed by atoms with Crippen LogP contribution in [0.1, 0.15) is 37.0 Å².